The molecule has 0 unspecified atom stereocenters. The number of carbonyl (C=O) groups excluding carboxylic acids is 1. The number of nitroso groups, excluding NO2 is 1. The highest BCUT2D eigenvalue weighted by molar-refractivity contribution is 9.10. The maximum absolute atomic E-state index is 12.0. The van der Waals surface area contributed by atoms with Crippen LogP contribution >= 0.6 is 27.5 Å². The smallest absolute Gasteiger partial charge is 0.267 e. The number of nitrogens with zero attached hydrogens (tertiary/aromatic N) is 2. The average Bonchev–Trinajstić information content (AvgIpc) is 2.51. The number of carbonyl (C=O) groups is 1. The highest BCUT2D eigenvalue weighted by Gasteiger charge is 2.08. The van der Waals surface area contributed by atoms with Gasteiger partial charge in [-0.1, -0.05) is 50.9 Å². The van der Waals surface area contributed by atoms with Crippen molar-refractivity contribution in [3.63, 3.8) is 0 Å². The zero-order valence-corrected chi connectivity index (χ0v) is 13.6. The summed E-state index contributed by atoms with van der Waals surface area (Å²) in [6.07, 6.45) is 0. The molecule has 7 heteroatoms. The molecule has 2 aromatic rings. The molecule has 1 amide bonds. The quantitative estimate of drug-likeness (QED) is 0.484. The van der Waals surface area contributed by atoms with Gasteiger partial charge in [0.25, 0.3) is 5.91 Å². The standard InChI is InChI=1S/C15H11BrClN3O2/c16-12-5-1-4-11(7-12)15(21)20-19-14(9-18-22)10-3-2-6-13(17)8-10/h1-8H,9H2,(H,20,21). The SMILES string of the molecule is O=NCC(=NNC(=O)c1cccc(Br)c1)c1cccc(Cl)c1. The van der Waals surface area contributed by atoms with Crippen molar-refractivity contribution in [2.75, 3.05) is 6.54 Å². The summed E-state index contributed by atoms with van der Waals surface area (Å²) in [6, 6.07) is 13.7. The molecule has 0 atom stereocenters. The lowest BCUT2D eigenvalue weighted by molar-refractivity contribution is 0.0955. The van der Waals surface area contributed by atoms with Crippen LogP contribution in [0.4, 0.5) is 0 Å². The number of rotatable bonds is 5. The maximum Gasteiger partial charge on any atom is 0.271 e. The summed E-state index contributed by atoms with van der Waals surface area (Å²) in [7, 11) is 0. The number of benzene rings is 2. The first-order valence-corrected chi connectivity index (χ1v) is 7.45. The Morgan fingerprint density at radius 1 is 1.14 bits per heavy atom. The second-order valence-electron chi connectivity index (χ2n) is 4.31. The van der Waals surface area contributed by atoms with E-state index in [4.69, 9.17) is 11.6 Å². The van der Waals surface area contributed by atoms with Gasteiger partial charge in [0.05, 0.1) is 5.71 Å². The maximum atomic E-state index is 12.0. The first kappa shape index (κ1) is 16.3. The highest BCUT2D eigenvalue weighted by Crippen LogP contribution is 2.13. The number of amides is 1. The number of hydrogen-bond acceptors (Lipinski definition) is 4. The number of nitrogens with one attached hydrogen (secondary N) is 1. The summed E-state index contributed by atoms with van der Waals surface area (Å²) in [5.74, 6) is -0.383. The molecule has 2 rings (SSSR count). The van der Waals surface area contributed by atoms with Crippen LogP contribution in [-0.2, 0) is 0 Å². The Bertz CT molecular complexity index is 734. The molecule has 22 heavy (non-hydrogen) atoms. The monoisotopic (exact) mass is 379 g/mol. The second kappa shape index (κ2) is 7.82. The molecule has 5 nitrogen and oxygen atoms in total. The van der Waals surface area contributed by atoms with Crippen molar-refractivity contribution < 1.29 is 4.79 Å². The molecule has 2 aromatic carbocycles. The molecule has 0 aliphatic heterocycles. The van der Waals surface area contributed by atoms with Gasteiger partial charge in [-0.25, -0.2) is 5.43 Å². The zero-order valence-electron chi connectivity index (χ0n) is 11.3. The van der Waals surface area contributed by atoms with Crippen LogP contribution in [0.2, 0.25) is 5.02 Å². The lowest BCUT2D eigenvalue weighted by Gasteiger charge is -2.05. The van der Waals surface area contributed by atoms with Gasteiger partial charge in [0.1, 0.15) is 6.54 Å². The molecule has 0 fully saturated rings. The molecular weight excluding hydrogens is 370 g/mol. The molecule has 0 aromatic heterocycles. The summed E-state index contributed by atoms with van der Waals surface area (Å²) in [5, 5.41) is 7.31. The Kier molecular flexibility index (Phi) is 5.80. The van der Waals surface area contributed by atoms with Gasteiger partial charge < -0.3 is 0 Å². The van der Waals surface area contributed by atoms with Crippen LogP contribution in [0.15, 0.2) is 63.3 Å². The summed E-state index contributed by atoms with van der Waals surface area (Å²) in [4.78, 5) is 22.6. The van der Waals surface area contributed by atoms with Crippen molar-refractivity contribution in [1.29, 1.82) is 0 Å². The number of hydrogen-bond donors (Lipinski definition) is 1. The van der Waals surface area contributed by atoms with E-state index >= 15 is 0 Å². The van der Waals surface area contributed by atoms with E-state index in [0.29, 0.717) is 21.9 Å². The summed E-state index contributed by atoms with van der Waals surface area (Å²) < 4.78 is 0.786. The molecule has 0 spiro atoms. The van der Waals surface area contributed by atoms with Gasteiger partial charge in [0.15, 0.2) is 0 Å². The Hall–Kier alpha value is -2.05. The molecule has 0 saturated heterocycles. The van der Waals surface area contributed by atoms with Gasteiger partial charge in [-0.15, -0.1) is 0 Å². The normalized spacial score (nSPS) is 11.1. The predicted molar refractivity (Wildman–Crippen MR) is 90.3 cm³/mol. The molecule has 0 aliphatic carbocycles. The molecule has 0 heterocycles. The van der Waals surface area contributed by atoms with Crippen LogP contribution in [0, 0.1) is 4.91 Å². The first-order chi connectivity index (χ1) is 10.6. The van der Waals surface area contributed by atoms with Gasteiger partial charge in [0.2, 0.25) is 0 Å². The molecule has 1 N–H and O–H groups in total. The fraction of sp³-hybridized carbons (Fsp3) is 0.0667. The van der Waals surface area contributed by atoms with E-state index in [-0.39, 0.29) is 12.5 Å². The topological polar surface area (TPSA) is 70.9 Å². The third-order valence-corrected chi connectivity index (χ3v) is 3.48. The minimum absolute atomic E-state index is 0.168. The average molecular weight is 381 g/mol. The molecule has 0 saturated carbocycles. The van der Waals surface area contributed by atoms with Crippen molar-refractivity contribution in [3.8, 4) is 0 Å². The Morgan fingerprint density at radius 3 is 2.55 bits per heavy atom. The van der Waals surface area contributed by atoms with Crippen LogP contribution < -0.4 is 5.43 Å². The van der Waals surface area contributed by atoms with Crippen LogP contribution in [0.1, 0.15) is 15.9 Å². The Balaban J connectivity index is 2.20. The van der Waals surface area contributed by atoms with E-state index in [1.807, 2.05) is 6.07 Å². The third kappa shape index (κ3) is 4.47. The van der Waals surface area contributed by atoms with E-state index in [0.717, 1.165) is 4.47 Å². The van der Waals surface area contributed by atoms with Gasteiger partial charge >= 0.3 is 0 Å². The van der Waals surface area contributed by atoms with Crippen molar-refractivity contribution in [2.24, 2.45) is 10.3 Å². The molecule has 112 valence electrons. The van der Waals surface area contributed by atoms with Crippen molar-refractivity contribution in [3.05, 3.63) is 74.1 Å². The molecule has 0 aliphatic rings. The second-order valence-corrected chi connectivity index (χ2v) is 5.66. The fourth-order valence-corrected chi connectivity index (χ4v) is 2.32. The van der Waals surface area contributed by atoms with Crippen molar-refractivity contribution in [1.82, 2.24) is 5.43 Å². The zero-order chi connectivity index (χ0) is 15.9. The number of hydrazone groups is 1. The van der Waals surface area contributed by atoms with Crippen LogP contribution in [0.5, 0.6) is 0 Å². The van der Waals surface area contributed by atoms with Gasteiger partial charge in [-0.05, 0) is 30.3 Å². The summed E-state index contributed by atoms with van der Waals surface area (Å²) in [6.45, 7) is -0.168. The molecular formula is C15H11BrClN3O2. The van der Waals surface area contributed by atoms with Gasteiger partial charge in [-0.3, -0.25) is 4.79 Å². The third-order valence-electron chi connectivity index (χ3n) is 2.75. The Morgan fingerprint density at radius 2 is 1.86 bits per heavy atom. The predicted octanol–water partition coefficient (Wildman–Crippen LogP) is 4.00. The van der Waals surface area contributed by atoms with Gasteiger partial charge in [0, 0.05) is 20.6 Å². The Labute approximate surface area is 140 Å². The van der Waals surface area contributed by atoms with E-state index < -0.39 is 0 Å². The minimum atomic E-state index is -0.383. The van der Waals surface area contributed by atoms with E-state index in [2.05, 4.69) is 31.6 Å². The summed E-state index contributed by atoms with van der Waals surface area (Å²) in [5.41, 5.74) is 3.82. The van der Waals surface area contributed by atoms with Crippen molar-refractivity contribution >= 4 is 39.1 Å². The first-order valence-electron chi connectivity index (χ1n) is 6.27. The highest BCUT2D eigenvalue weighted by atomic mass is 79.9. The van der Waals surface area contributed by atoms with Crippen LogP contribution in [0.3, 0.4) is 0 Å². The molecule has 0 bridgehead atoms. The van der Waals surface area contributed by atoms with E-state index in [9.17, 15) is 9.70 Å². The minimum Gasteiger partial charge on any atom is -0.267 e. The van der Waals surface area contributed by atoms with E-state index in [1.165, 1.54) is 0 Å². The van der Waals surface area contributed by atoms with Gasteiger partial charge in [-0.2, -0.15) is 10.0 Å². The van der Waals surface area contributed by atoms with Crippen LogP contribution in [-0.4, -0.2) is 18.2 Å². The fourth-order valence-electron chi connectivity index (χ4n) is 1.73. The number of halogens is 2. The summed E-state index contributed by atoms with van der Waals surface area (Å²) >= 11 is 9.20. The lowest BCUT2D eigenvalue weighted by Crippen LogP contribution is -2.21. The van der Waals surface area contributed by atoms with E-state index in [1.54, 1.807) is 42.5 Å². The lowest BCUT2D eigenvalue weighted by atomic mass is 10.1. The van der Waals surface area contributed by atoms with Crippen LogP contribution in [0.25, 0.3) is 0 Å². The van der Waals surface area contributed by atoms with Crippen molar-refractivity contribution in [2.45, 2.75) is 0 Å². The largest absolute Gasteiger partial charge is 0.271 e. The molecule has 0 radical (unpaired) electrons.